The smallest absolute Gasteiger partial charge is 0.341 e. The van der Waals surface area contributed by atoms with Gasteiger partial charge in [-0.25, -0.2) is 13.6 Å². The van der Waals surface area contributed by atoms with Gasteiger partial charge in [-0.05, 0) is 19.4 Å². The normalized spacial score (nSPS) is 18.5. The van der Waals surface area contributed by atoms with Gasteiger partial charge in [-0.15, -0.1) is 0 Å². The Morgan fingerprint density at radius 3 is 2.75 bits per heavy atom. The molecule has 28 heavy (non-hydrogen) atoms. The lowest BCUT2D eigenvalue weighted by Gasteiger charge is -2.37. The van der Waals surface area contributed by atoms with Crippen LogP contribution < -0.4 is 16.1 Å². The number of carboxylic acid groups (broad SMARTS) is 1. The third kappa shape index (κ3) is 3.35. The molecule has 0 radical (unpaired) electrons. The predicted octanol–water partition coefficient (Wildman–Crippen LogP) is 1.94. The Balaban J connectivity index is 2.19. The summed E-state index contributed by atoms with van der Waals surface area (Å²) in [6.07, 6.45) is 1.39. The summed E-state index contributed by atoms with van der Waals surface area (Å²) in [7, 11) is 0. The predicted molar refractivity (Wildman–Crippen MR) is 101 cm³/mol. The summed E-state index contributed by atoms with van der Waals surface area (Å²) in [5, 5.41) is 8.92. The van der Waals surface area contributed by atoms with E-state index in [0.29, 0.717) is 6.42 Å². The van der Waals surface area contributed by atoms with Gasteiger partial charge >= 0.3 is 5.97 Å². The van der Waals surface area contributed by atoms with Crippen molar-refractivity contribution in [2.24, 2.45) is 5.73 Å². The minimum Gasteiger partial charge on any atom is -0.477 e. The number of pyridine rings is 1. The number of carbonyl (C=O) groups is 1. The quantitative estimate of drug-likeness (QED) is 0.803. The van der Waals surface area contributed by atoms with Crippen molar-refractivity contribution in [3.63, 3.8) is 0 Å². The van der Waals surface area contributed by atoms with Gasteiger partial charge < -0.3 is 25.0 Å². The molecule has 1 aromatic heterocycles. The second-order valence-electron chi connectivity index (χ2n) is 6.81. The van der Waals surface area contributed by atoms with Gasteiger partial charge in [-0.3, -0.25) is 4.79 Å². The Morgan fingerprint density at radius 2 is 2.14 bits per heavy atom. The van der Waals surface area contributed by atoms with Crippen LogP contribution in [-0.2, 0) is 11.3 Å². The third-order valence-electron chi connectivity index (χ3n) is 5.16. The van der Waals surface area contributed by atoms with Crippen LogP contribution in [0.25, 0.3) is 10.9 Å². The van der Waals surface area contributed by atoms with E-state index in [-0.39, 0.29) is 55.0 Å². The number of ether oxygens (including phenoxy) is 1. The molecule has 2 aromatic rings. The average molecular weight is 395 g/mol. The molecule has 0 bridgehead atoms. The highest BCUT2D eigenvalue weighted by atomic mass is 19.1. The van der Waals surface area contributed by atoms with E-state index in [1.807, 2.05) is 6.92 Å². The first-order valence-electron chi connectivity index (χ1n) is 9.20. The number of carboxylic acids is 1. The van der Waals surface area contributed by atoms with Crippen LogP contribution in [0.1, 0.15) is 30.6 Å². The molecule has 7 nitrogen and oxygen atoms in total. The van der Waals surface area contributed by atoms with Gasteiger partial charge in [0.15, 0.2) is 5.82 Å². The monoisotopic (exact) mass is 395 g/mol. The standard InChI is InChI=1S/C19H23F2N3O4/c1-3-13(22)14-9-24(5-6-28-14)17-12(20)7-10-16(15(17)21)23(4-2)8-11(18(10)25)19(26)27/h7-8,13-14H,3-6,9,22H2,1-2H3,(H,26,27). The van der Waals surface area contributed by atoms with Crippen molar-refractivity contribution in [3.8, 4) is 0 Å². The first-order valence-corrected chi connectivity index (χ1v) is 9.20. The van der Waals surface area contributed by atoms with Crippen molar-refractivity contribution in [3.05, 3.63) is 39.7 Å². The number of fused-ring (bicyclic) bond motifs is 1. The summed E-state index contributed by atoms with van der Waals surface area (Å²) in [6, 6.07) is 0.653. The van der Waals surface area contributed by atoms with Crippen molar-refractivity contribution >= 4 is 22.6 Å². The Bertz CT molecular complexity index is 976. The van der Waals surface area contributed by atoms with Gasteiger partial charge in [0, 0.05) is 31.9 Å². The number of hydrogen-bond donors (Lipinski definition) is 2. The molecular weight excluding hydrogens is 372 g/mol. The Hall–Kier alpha value is -2.52. The molecule has 0 saturated carbocycles. The van der Waals surface area contributed by atoms with Gasteiger partial charge in [-0.2, -0.15) is 0 Å². The van der Waals surface area contributed by atoms with Crippen LogP contribution in [0.3, 0.4) is 0 Å². The topological polar surface area (TPSA) is 97.8 Å². The fourth-order valence-electron chi connectivity index (χ4n) is 3.57. The van der Waals surface area contributed by atoms with Gasteiger partial charge in [0.1, 0.15) is 17.1 Å². The van der Waals surface area contributed by atoms with Crippen LogP contribution in [0.2, 0.25) is 0 Å². The molecule has 2 unspecified atom stereocenters. The number of benzene rings is 1. The molecular formula is C19H23F2N3O4. The third-order valence-corrected chi connectivity index (χ3v) is 5.16. The maximum Gasteiger partial charge on any atom is 0.341 e. The maximum absolute atomic E-state index is 15.4. The molecule has 1 fully saturated rings. The summed E-state index contributed by atoms with van der Waals surface area (Å²) >= 11 is 0. The largest absolute Gasteiger partial charge is 0.477 e. The van der Waals surface area contributed by atoms with E-state index < -0.39 is 28.6 Å². The molecule has 0 spiro atoms. The molecule has 3 N–H and O–H groups in total. The summed E-state index contributed by atoms with van der Waals surface area (Å²) in [5.74, 6) is -3.25. The molecule has 2 heterocycles. The van der Waals surface area contributed by atoms with Crippen molar-refractivity contribution in [1.82, 2.24) is 4.57 Å². The maximum atomic E-state index is 15.4. The van der Waals surface area contributed by atoms with Crippen LogP contribution in [0.5, 0.6) is 0 Å². The highest BCUT2D eigenvalue weighted by Gasteiger charge is 2.30. The van der Waals surface area contributed by atoms with E-state index in [1.54, 1.807) is 6.92 Å². The fraction of sp³-hybridized carbons (Fsp3) is 0.474. The molecule has 1 saturated heterocycles. The lowest BCUT2D eigenvalue weighted by Crippen LogP contribution is -2.51. The minimum absolute atomic E-state index is 0.114. The van der Waals surface area contributed by atoms with Crippen LogP contribution in [0.15, 0.2) is 17.1 Å². The molecule has 1 aliphatic heterocycles. The van der Waals surface area contributed by atoms with Crippen LogP contribution in [-0.4, -0.2) is 47.5 Å². The average Bonchev–Trinajstić information content (AvgIpc) is 2.68. The van der Waals surface area contributed by atoms with Crippen LogP contribution in [0, 0.1) is 11.6 Å². The lowest BCUT2D eigenvalue weighted by atomic mass is 10.1. The fourth-order valence-corrected chi connectivity index (χ4v) is 3.57. The van der Waals surface area contributed by atoms with Crippen molar-refractivity contribution < 1.29 is 23.4 Å². The second kappa shape index (κ2) is 7.84. The zero-order chi connectivity index (χ0) is 20.6. The van der Waals surface area contributed by atoms with Gasteiger partial charge in [-0.1, -0.05) is 6.92 Å². The number of aromatic nitrogens is 1. The van der Waals surface area contributed by atoms with E-state index in [9.17, 15) is 19.1 Å². The number of aryl methyl sites for hydroxylation is 1. The van der Waals surface area contributed by atoms with Crippen molar-refractivity contribution in [2.45, 2.75) is 39.0 Å². The molecule has 1 aliphatic rings. The number of nitrogens with zero attached hydrogens (tertiary/aromatic N) is 2. The SMILES string of the molecule is CCC(N)C1CN(c2c(F)cc3c(=O)c(C(=O)O)cn(CC)c3c2F)CCO1. The Labute approximate surface area is 160 Å². The van der Waals surface area contributed by atoms with Crippen molar-refractivity contribution in [1.29, 1.82) is 0 Å². The lowest BCUT2D eigenvalue weighted by molar-refractivity contribution is 0.0227. The van der Waals surface area contributed by atoms with E-state index in [2.05, 4.69) is 0 Å². The molecule has 0 amide bonds. The number of morpholine rings is 1. The first kappa shape index (κ1) is 20.2. The number of anilines is 1. The van der Waals surface area contributed by atoms with E-state index in [4.69, 9.17) is 10.5 Å². The molecule has 9 heteroatoms. The molecule has 1 aromatic carbocycles. The van der Waals surface area contributed by atoms with E-state index >= 15 is 4.39 Å². The van der Waals surface area contributed by atoms with Crippen LogP contribution in [0.4, 0.5) is 14.5 Å². The summed E-state index contributed by atoms with van der Waals surface area (Å²) < 4.78 is 37.2. The summed E-state index contributed by atoms with van der Waals surface area (Å²) in [6.45, 7) is 4.57. The number of halogens is 2. The second-order valence-corrected chi connectivity index (χ2v) is 6.81. The number of rotatable bonds is 5. The summed E-state index contributed by atoms with van der Waals surface area (Å²) in [5.41, 5.74) is 4.22. The highest BCUT2D eigenvalue weighted by molar-refractivity contribution is 5.93. The van der Waals surface area contributed by atoms with E-state index in [1.165, 1.54) is 9.47 Å². The summed E-state index contributed by atoms with van der Waals surface area (Å²) in [4.78, 5) is 25.3. The Kier molecular flexibility index (Phi) is 5.66. The molecule has 2 atom stereocenters. The number of aromatic carboxylic acids is 1. The number of nitrogens with two attached hydrogens (primary N) is 1. The van der Waals surface area contributed by atoms with E-state index in [0.717, 1.165) is 12.3 Å². The van der Waals surface area contributed by atoms with Gasteiger partial charge in [0.25, 0.3) is 0 Å². The van der Waals surface area contributed by atoms with Gasteiger partial charge in [0.2, 0.25) is 5.43 Å². The zero-order valence-corrected chi connectivity index (χ0v) is 15.7. The molecule has 152 valence electrons. The number of hydrogen-bond acceptors (Lipinski definition) is 5. The first-order chi connectivity index (χ1) is 13.3. The van der Waals surface area contributed by atoms with Crippen LogP contribution >= 0.6 is 0 Å². The van der Waals surface area contributed by atoms with Gasteiger partial charge in [0.05, 0.1) is 23.6 Å². The minimum atomic E-state index is -1.44. The highest BCUT2D eigenvalue weighted by Crippen LogP contribution is 2.31. The zero-order valence-electron chi connectivity index (χ0n) is 15.7. The molecule has 3 rings (SSSR count). The Morgan fingerprint density at radius 1 is 1.43 bits per heavy atom. The molecule has 0 aliphatic carbocycles. The van der Waals surface area contributed by atoms with Crippen molar-refractivity contribution in [2.75, 3.05) is 24.6 Å².